The minimum Gasteiger partial charge on any atom is -0.477 e. The van der Waals surface area contributed by atoms with E-state index in [1.54, 1.807) is 0 Å². The molecule has 1 fully saturated rings. The minimum absolute atomic E-state index is 0.0602. The number of aromatic carboxylic acids is 1. The Balaban J connectivity index is 1.88. The summed E-state index contributed by atoms with van der Waals surface area (Å²) >= 11 is 0. The van der Waals surface area contributed by atoms with E-state index in [1.165, 1.54) is 0 Å². The second-order valence-electron chi connectivity index (χ2n) is 5.61. The van der Waals surface area contributed by atoms with E-state index >= 15 is 0 Å². The van der Waals surface area contributed by atoms with E-state index in [0.717, 1.165) is 25.2 Å². The molecule has 2 aromatic heterocycles. The number of rotatable bonds is 5. The van der Waals surface area contributed by atoms with Crippen LogP contribution in [0.2, 0.25) is 0 Å². The Morgan fingerprint density at radius 2 is 2.35 bits per heavy atom. The fourth-order valence-corrected chi connectivity index (χ4v) is 2.80. The molecule has 2 aromatic rings. The van der Waals surface area contributed by atoms with Crippen molar-refractivity contribution in [2.45, 2.75) is 18.9 Å². The maximum atomic E-state index is 14.2. The number of carboxylic acids is 1. The molecule has 122 valence electrons. The standard InChI is InChI=1S/C15H17FN4O3/c16-11-5-9-13(21)10(15(22)23)7-18-14(9)19-12(11)2-4-20-3-1-8(20)6-17/h5,7-8H,1-4,6,17H2,(H,22,23)(H,18,19,21). The van der Waals surface area contributed by atoms with Crippen molar-refractivity contribution >= 4 is 17.0 Å². The lowest BCUT2D eigenvalue weighted by Crippen LogP contribution is -2.52. The highest BCUT2D eigenvalue weighted by Crippen LogP contribution is 2.18. The van der Waals surface area contributed by atoms with Gasteiger partial charge in [-0.2, -0.15) is 0 Å². The maximum Gasteiger partial charge on any atom is 0.341 e. The summed E-state index contributed by atoms with van der Waals surface area (Å²) in [5.74, 6) is -1.96. The summed E-state index contributed by atoms with van der Waals surface area (Å²) in [6.45, 7) is 2.17. The average molecular weight is 320 g/mol. The molecule has 0 radical (unpaired) electrons. The lowest BCUT2D eigenvalue weighted by Gasteiger charge is -2.40. The van der Waals surface area contributed by atoms with Crippen LogP contribution >= 0.6 is 0 Å². The summed E-state index contributed by atoms with van der Waals surface area (Å²) in [5, 5.41) is 8.87. The number of carbonyl (C=O) groups is 1. The molecule has 0 spiro atoms. The number of nitrogens with zero attached hydrogens (tertiary/aromatic N) is 2. The van der Waals surface area contributed by atoms with Crippen LogP contribution in [-0.4, -0.2) is 51.6 Å². The van der Waals surface area contributed by atoms with Gasteiger partial charge in [0.15, 0.2) is 0 Å². The van der Waals surface area contributed by atoms with E-state index in [2.05, 4.69) is 14.9 Å². The zero-order valence-corrected chi connectivity index (χ0v) is 12.4. The Labute approximate surface area is 130 Å². The molecule has 1 aliphatic heterocycles. The van der Waals surface area contributed by atoms with Gasteiger partial charge in [0.1, 0.15) is 17.0 Å². The highest BCUT2D eigenvalue weighted by Gasteiger charge is 2.26. The van der Waals surface area contributed by atoms with E-state index in [4.69, 9.17) is 10.8 Å². The third-order valence-corrected chi connectivity index (χ3v) is 4.30. The number of aromatic amines is 1. The summed E-state index contributed by atoms with van der Waals surface area (Å²) in [6.07, 6.45) is 2.54. The van der Waals surface area contributed by atoms with E-state index in [9.17, 15) is 14.0 Å². The minimum atomic E-state index is -1.36. The second-order valence-corrected chi connectivity index (χ2v) is 5.61. The van der Waals surface area contributed by atoms with Crippen LogP contribution in [0.3, 0.4) is 0 Å². The first-order chi connectivity index (χ1) is 11.0. The van der Waals surface area contributed by atoms with Crippen LogP contribution < -0.4 is 11.2 Å². The van der Waals surface area contributed by atoms with Crippen molar-refractivity contribution in [1.29, 1.82) is 0 Å². The molecule has 0 bridgehead atoms. The van der Waals surface area contributed by atoms with Crippen LogP contribution in [0.5, 0.6) is 0 Å². The monoisotopic (exact) mass is 320 g/mol. The van der Waals surface area contributed by atoms with Gasteiger partial charge in [0.2, 0.25) is 5.43 Å². The van der Waals surface area contributed by atoms with Crippen molar-refractivity contribution < 1.29 is 14.3 Å². The molecule has 4 N–H and O–H groups in total. The van der Waals surface area contributed by atoms with E-state index < -0.39 is 22.8 Å². The Kier molecular flexibility index (Phi) is 4.10. The highest BCUT2D eigenvalue weighted by molar-refractivity contribution is 5.91. The zero-order chi connectivity index (χ0) is 16.6. The second kappa shape index (κ2) is 6.05. The molecule has 1 atom stereocenters. The van der Waals surface area contributed by atoms with Crippen LogP contribution in [0.4, 0.5) is 4.39 Å². The first kappa shape index (κ1) is 15.6. The Morgan fingerprint density at radius 3 is 2.96 bits per heavy atom. The largest absolute Gasteiger partial charge is 0.477 e. The third kappa shape index (κ3) is 2.82. The molecule has 0 amide bonds. The molecular weight excluding hydrogens is 303 g/mol. The number of nitrogens with one attached hydrogen (secondary N) is 1. The number of fused-ring (bicyclic) bond motifs is 1. The van der Waals surface area contributed by atoms with E-state index in [0.29, 0.717) is 25.6 Å². The quantitative estimate of drug-likeness (QED) is 0.732. The number of carboxylic acid groups (broad SMARTS) is 1. The highest BCUT2D eigenvalue weighted by atomic mass is 19.1. The number of hydrogen-bond donors (Lipinski definition) is 3. The van der Waals surface area contributed by atoms with Gasteiger partial charge in [0, 0.05) is 38.3 Å². The Bertz CT molecular complexity index is 818. The molecule has 8 heteroatoms. The van der Waals surface area contributed by atoms with Gasteiger partial charge in [-0.25, -0.2) is 14.2 Å². The molecule has 0 aromatic carbocycles. The van der Waals surface area contributed by atoms with Crippen LogP contribution in [0.15, 0.2) is 17.1 Å². The summed E-state index contributed by atoms with van der Waals surface area (Å²) in [7, 11) is 0. The van der Waals surface area contributed by atoms with Crippen molar-refractivity contribution in [3.8, 4) is 0 Å². The summed E-state index contributed by atoms with van der Waals surface area (Å²) in [6, 6.07) is 1.40. The first-order valence-corrected chi connectivity index (χ1v) is 7.39. The van der Waals surface area contributed by atoms with Crippen LogP contribution in [0, 0.1) is 5.82 Å². The van der Waals surface area contributed by atoms with Crippen molar-refractivity contribution in [2.75, 3.05) is 19.6 Å². The molecule has 1 saturated heterocycles. The molecule has 3 rings (SSSR count). The molecule has 1 unspecified atom stereocenters. The van der Waals surface area contributed by atoms with Crippen LogP contribution in [0.1, 0.15) is 22.5 Å². The van der Waals surface area contributed by atoms with Gasteiger partial charge in [-0.15, -0.1) is 0 Å². The Morgan fingerprint density at radius 1 is 1.57 bits per heavy atom. The number of pyridine rings is 2. The van der Waals surface area contributed by atoms with E-state index in [-0.39, 0.29) is 16.7 Å². The predicted octanol–water partition coefficient (Wildman–Crippen LogP) is 0.336. The fourth-order valence-electron chi connectivity index (χ4n) is 2.80. The number of H-pyrrole nitrogens is 1. The number of halogens is 1. The fraction of sp³-hybridized carbons (Fsp3) is 0.400. The van der Waals surface area contributed by atoms with Gasteiger partial charge in [-0.05, 0) is 12.5 Å². The van der Waals surface area contributed by atoms with Gasteiger partial charge in [-0.1, -0.05) is 0 Å². The van der Waals surface area contributed by atoms with Crippen molar-refractivity contribution in [1.82, 2.24) is 14.9 Å². The summed E-state index contributed by atoms with van der Waals surface area (Å²) in [4.78, 5) is 31.9. The zero-order valence-electron chi connectivity index (χ0n) is 12.4. The Hall–Kier alpha value is -2.32. The lowest BCUT2D eigenvalue weighted by atomic mass is 10.0. The molecule has 0 aliphatic carbocycles. The topological polar surface area (TPSA) is 112 Å². The maximum absolute atomic E-state index is 14.2. The first-order valence-electron chi connectivity index (χ1n) is 7.39. The normalized spacial score (nSPS) is 18.1. The van der Waals surface area contributed by atoms with E-state index in [1.807, 2.05) is 0 Å². The molecular formula is C15H17FN4O3. The number of aromatic nitrogens is 2. The number of likely N-dealkylation sites (tertiary alicyclic amines) is 1. The predicted molar refractivity (Wildman–Crippen MR) is 82.0 cm³/mol. The smallest absolute Gasteiger partial charge is 0.341 e. The SMILES string of the molecule is NCC1CCN1CCc1nc2[nH]cc(C(=O)O)c(=O)c2cc1F. The average Bonchev–Trinajstić information content (AvgIpc) is 2.48. The summed E-state index contributed by atoms with van der Waals surface area (Å²) in [5.41, 5.74) is 4.90. The summed E-state index contributed by atoms with van der Waals surface area (Å²) < 4.78 is 14.2. The third-order valence-electron chi connectivity index (χ3n) is 4.30. The van der Waals surface area contributed by atoms with Crippen molar-refractivity contribution in [2.24, 2.45) is 5.73 Å². The molecule has 0 saturated carbocycles. The molecule has 3 heterocycles. The van der Waals surface area contributed by atoms with Crippen LogP contribution in [0.25, 0.3) is 11.0 Å². The van der Waals surface area contributed by atoms with Crippen LogP contribution in [-0.2, 0) is 6.42 Å². The van der Waals surface area contributed by atoms with Gasteiger partial charge in [0.25, 0.3) is 0 Å². The molecule has 7 nitrogen and oxygen atoms in total. The van der Waals surface area contributed by atoms with Gasteiger partial charge in [-0.3, -0.25) is 9.69 Å². The number of hydrogen-bond acceptors (Lipinski definition) is 5. The van der Waals surface area contributed by atoms with Crippen molar-refractivity contribution in [3.05, 3.63) is 39.6 Å². The van der Waals surface area contributed by atoms with Crippen molar-refractivity contribution in [3.63, 3.8) is 0 Å². The van der Waals surface area contributed by atoms with Gasteiger partial charge < -0.3 is 15.8 Å². The van der Waals surface area contributed by atoms with Gasteiger partial charge in [0.05, 0.1) is 11.1 Å². The molecule has 1 aliphatic rings. The lowest BCUT2D eigenvalue weighted by molar-refractivity contribution is 0.0695. The van der Waals surface area contributed by atoms with Gasteiger partial charge >= 0.3 is 5.97 Å². The molecule has 23 heavy (non-hydrogen) atoms. The number of nitrogens with two attached hydrogens (primary N) is 1.